The van der Waals surface area contributed by atoms with Crippen molar-refractivity contribution in [3.8, 4) is 0 Å². The zero-order valence-electron chi connectivity index (χ0n) is 19.4. The first-order valence-corrected chi connectivity index (χ1v) is 10.4. The maximum atomic E-state index is 13.0. The van der Waals surface area contributed by atoms with E-state index in [1.807, 2.05) is 0 Å². The highest BCUT2D eigenvalue weighted by Gasteiger charge is 2.65. The molecule has 0 aromatic rings. The minimum Gasteiger partial charge on any atom is -0.469 e. The van der Waals surface area contributed by atoms with Crippen LogP contribution in [-0.2, 0) is 33.4 Å². The molecule has 0 aromatic carbocycles. The quantitative estimate of drug-likeness (QED) is 0.356. The molecule has 1 unspecified atom stereocenters. The fourth-order valence-corrected chi connectivity index (χ4v) is 4.06. The Morgan fingerprint density at radius 1 is 1.00 bits per heavy atom. The molecule has 178 valence electrons. The number of hydrogen-bond acceptors (Lipinski definition) is 10. The molecular formula is C21H30N2O9. The molecule has 1 amide bonds. The van der Waals surface area contributed by atoms with Crippen LogP contribution in [0.4, 0.5) is 9.59 Å². The molecule has 11 nitrogen and oxygen atoms in total. The van der Waals surface area contributed by atoms with E-state index in [2.05, 4.69) is 0 Å². The molecule has 2 saturated heterocycles. The minimum absolute atomic E-state index is 0.0139. The summed E-state index contributed by atoms with van der Waals surface area (Å²) in [6.07, 6.45) is -1.57. The summed E-state index contributed by atoms with van der Waals surface area (Å²) in [6.45, 7) is 10.4. The third kappa shape index (κ3) is 4.82. The van der Waals surface area contributed by atoms with Crippen LogP contribution < -0.4 is 0 Å². The molecule has 3 heterocycles. The van der Waals surface area contributed by atoms with Crippen LogP contribution in [0.5, 0.6) is 0 Å². The number of carbonyl (C=O) groups excluding carboxylic acids is 4. The Morgan fingerprint density at radius 3 is 2.16 bits per heavy atom. The first-order chi connectivity index (χ1) is 14.7. The lowest BCUT2D eigenvalue weighted by Gasteiger charge is -2.51. The maximum Gasteiger partial charge on any atom is 0.528 e. The van der Waals surface area contributed by atoms with Gasteiger partial charge in [-0.1, -0.05) is 0 Å². The lowest BCUT2D eigenvalue weighted by Crippen LogP contribution is -2.72. The van der Waals surface area contributed by atoms with Crippen LogP contribution >= 0.6 is 0 Å². The highest BCUT2D eigenvalue weighted by Crippen LogP contribution is 2.50. The van der Waals surface area contributed by atoms with Crippen molar-refractivity contribution in [2.75, 3.05) is 13.7 Å². The lowest BCUT2D eigenvalue weighted by atomic mass is 9.78. The number of esters is 1. The predicted octanol–water partition coefficient (Wildman–Crippen LogP) is 2.49. The van der Waals surface area contributed by atoms with Gasteiger partial charge in [0.05, 0.1) is 19.6 Å². The minimum atomic E-state index is -0.980. The van der Waals surface area contributed by atoms with E-state index in [1.54, 1.807) is 41.5 Å². The van der Waals surface area contributed by atoms with Crippen molar-refractivity contribution in [1.82, 2.24) is 9.96 Å². The summed E-state index contributed by atoms with van der Waals surface area (Å²) in [5.41, 5.74) is -1.06. The summed E-state index contributed by atoms with van der Waals surface area (Å²) >= 11 is 0. The van der Waals surface area contributed by atoms with Gasteiger partial charge in [0.1, 0.15) is 17.2 Å². The first-order valence-electron chi connectivity index (χ1n) is 10.4. The van der Waals surface area contributed by atoms with Crippen LogP contribution in [0.1, 0.15) is 54.4 Å². The molecule has 0 spiro atoms. The standard InChI is InChI=1S/C21H30N2O9/c1-20(2,3)30-18(26)29-17-12(10-13(24)28-7)11-8-9-22(15-14(11)23(17)16(15)25)32-19(27)31-21(4,5)6/h11,14-15H,8-10H2,1-7H3/t11?,14-,15+/m1/s1. The maximum absolute atomic E-state index is 13.0. The molecule has 0 saturated carbocycles. The Kier molecular flexibility index (Phi) is 6.16. The second-order valence-corrected chi connectivity index (χ2v) is 9.89. The Hall–Kier alpha value is -2.82. The number of nitrogens with zero attached hydrogens (tertiary/aromatic N) is 2. The van der Waals surface area contributed by atoms with E-state index in [0.29, 0.717) is 12.0 Å². The van der Waals surface area contributed by atoms with E-state index in [4.69, 9.17) is 23.8 Å². The normalized spacial score (nSPS) is 25.0. The zero-order chi connectivity index (χ0) is 24.0. The van der Waals surface area contributed by atoms with Crippen molar-refractivity contribution in [3.63, 3.8) is 0 Å². The van der Waals surface area contributed by atoms with Gasteiger partial charge in [-0.05, 0) is 48.0 Å². The summed E-state index contributed by atoms with van der Waals surface area (Å²) < 4.78 is 20.6. The average Bonchev–Trinajstić information content (AvgIpc) is 2.88. The SMILES string of the molecule is COC(=O)CC1=C(OC(=O)OC(C)(C)C)N2C(=O)[C@@H]3[C@H]2C1CCN3OC(=O)OC(C)(C)C. The molecular weight excluding hydrogens is 424 g/mol. The molecule has 3 aliphatic heterocycles. The molecule has 3 atom stereocenters. The van der Waals surface area contributed by atoms with Gasteiger partial charge in [-0.15, -0.1) is 5.06 Å². The highest BCUT2D eigenvalue weighted by atomic mass is 16.8. The van der Waals surface area contributed by atoms with Crippen LogP contribution in [0.25, 0.3) is 0 Å². The molecule has 32 heavy (non-hydrogen) atoms. The summed E-state index contributed by atoms with van der Waals surface area (Å²) in [5.74, 6) is -1.21. The molecule has 3 rings (SSSR count). The number of carbonyl (C=O) groups is 4. The van der Waals surface area contributed by atoms with Crippen molar-refractivity contribution >= 4 is 24.2 Å². The molecule has 0 N–H and O–H groups in total. The van der Waals surface area contributed by atoms with Gasteiger partial charge in [0.2, 0.25) is 5.88 Å². The van der Waals surface area contributed by atoms with Crippen molar-refractivity contribution in [2.45, 2.75) is 77.7 Å². The number of piperidine rings is 1. The molecule has 0 radical (unpaired) electrons. The lowest BCUT2D eigenvalue weighted by molar-refractivity contribution is -0.223. The van der Waals surface area contributed by atoms with Crippen molar-refractivity contribution in [1.29, 1.82) is 0 Å². The molecule has 2 fully saturated rings. The first kappa shape index (κ1) is 23.8. The largest absolute Gasteiger partial charge is 0.528 e. The van der Waals surface area contributed by atoms with Crippen molar-refractivity contribution in [3.05, 3.63) is 11.5 Å². The highest BCUT2D eigenvalue weighted by molar-refractivity contribution is 5.93. The Morgan fingerprint density at radius 2 is 1.59 bits per heavy atom. The van der Waals surface area contributed by atoms with Gasteiger partial charge in [0.15, 0.2) is 0 Å². The van der Waals surface area contributed by atoms with Gasteiger partial charge >= 0.3 is 18.3 Å². The second kappa shape index (κ2) is 8.27. The van der Waals surface area contributed by atoms with Crippen molar-refractivity contribution < 1.29 is 43.0 Å². The van der Waals surface area contributed by atoms with Crippen LogP contribution in [0.15, 0.2) is 11.5 Å². The van der Waals surface area contributed by atoms with Gasteiger partial charge in [0.25, 0.3) is 5.91 Å². The zero-order valence-corrected chi connectivity index (χ0v) is 19.4. The van der Waals surface area contributed by atoms with E-state index in [1.165, 1.54) is 17.1 Å². The van der Waals surface area contributed by atoms with Gasteiger partial charge < -0.3 is 23.8 Å². The average molecular weight is 454 g/mol. The number of hydroxylamine groups is 2. The fourth-order valence-electron chi connectivity index (χ4n) is 4.06. The van der Waals surface area contributed by atoms with Gasteiger partial charge in [-0.25, -0.2) is 9.59 Å². The van der Waals surface area contributed by atoms with Gasteiger partial charge in [0, 0.05) is 18.0 Å². The topological polar surface area (TPSA) is 121 Å². The number of ether oxygens (including phenoxy) is 4. The molecule has 0 bridgehead atoms. The molecule has 11 heteroatoms. The van der Waals surface area contributed by atoms with Crippen molar-refractivity contribution in [2.24, 2.45) is 5.92 Å². The Balaban J connectivity index is 1.81. The Labute approximate surface area is 186 Å². The number of amides is 1. The fraction of sp³-hybridized carbons (Fsp3) is 0.714. The Bertz CT molecular complexity index is 852. The van der Waals surface area contributed by atoms with Gasteiger partial charge in [-0.3, -0.25) is 14.5 Å². The number of hydrogen-bond donors (Lipinski definition) is 0. The molecule has 0 aliphatic carbocycles. The summed E-state index contributed by atoms with van der Waals surface area (Å²) in [6, 6.07) is -1.22. The summed E-state index contributed by atoms with van der Waals surface area (Å²) in [7, 11) is 1.26. The number of β-lactam (4-membered cyclic amide) rings is 1. The van der Waals surface area contributed by atoms with Crippen LogP contribution in [0.3, 0.4) is 0 Å². The van der Waals surface area contributed by atoms with E-state index < -0.39 is 47.5 Å². The summed E-state index contributed by atoms with van der Waals surface area (Å²) in [4.78, 5) is 56.0. The molecule has 3 aliphatic rings. The van der Waals surface area contributed by atoms with E-state index in [9.17, 15) is 19.2 Å². The monoisotopic (exact) mass is 454 g/mol. The third-order valence-electron chi connectivity index (χ3n) is 5.15. The van der Waals surface area contributed by atoms with E-state index in [-0.39, 0.29) is 24.8 Å². The van der Waals surface area contributed by atoms with E-state index >= 15 is 0 Å². The molecule has 0 aromatic heterocycles. The smallest absolute Gasteiger partial charge is 0.469 e. The van der Waals surface area contributed by atoms with E-state index in [0.717, 1.165) is 0 Å². The van der Waals surface area contributed by atoms with Crippen LogP contribution in [0.2, 0.25) is 0 Å². The second-order valence-electron chi connectivity index (χ2n) is 9.89. The predicted molar refractivity (Wildman–Crippen MR) is 108 cm³/mol. The number of methoxy groups -OCH3 is 1. The van der Waals surface area contributed by atoms with Crippen LogP contribution in [0, 0.1) is 5.92 Å². The summed E-state index contributed by atoms with van der Waals surface area (Å²) in [5, 5.41) is 1.29. The third-order valence-corrected chi connectivity index (χ3v) is 5.15. The van der Waals surface area contributed by atoms with Gasteiger partial charge in [-0.2, -0.15) is 0 Å². The number of rotatable bonds is 4. The van der Waals surface area contributed by atoms with Crippen LogP contribution in [-0.4, -0.2) is 71.1 Å².